The second kappa shape index (κ2) is 7.14. The Hall–Kier alpha value is -2.20. The first-order chi connectivity index (χ1) is 11.6. The smallest absolute Gasteiger partial charge is 0.255 e. The molecule has 0 saturated carbocycles. The zero-order valence-corrected chi connectivity index (χ0v) is 14.4. The van der Waals surface area contributed by atoms with Crippen LogP contribution in [-0.4, -0.2) is 34.9 Å². The van der Waals surface area contributed by atoms with E-state index in [4.69, 9.17) is 5.73 Å². The van der Waals surface area contributed by atoms with Gasteiger partial charge in [0.25, 0.3) is 5.91 Å². The second-order valence-corrected chi connectivity index (χ2v) is 6.71. The Balaban J connectivity index is 1.80. The van der Waals surface area contributed by atoms with Crippen molar-refractivity contribution in [3.8, 4) is 11.3 Å². The van der Waals surface area contributed by atoms with Crippen LogP contribution in [0.3, 0.4) is 0 Å². The van der Waals surface area contributed by atoms with Gasteiger partial charge in [0.15, 0.2) is 0 Å². The van der Waals surface area contributed by atoms with Crippen molar-refractivity contribution in [3.63, 3.8) is 0 Å². The summed E-state index contributed by atoms with van der Waals surface area (Å²) in [5, 5.41) is 0. The van der Waals surface area contributed by atoms with Crippen molar-refractivity contribution in [2.45, 2.75) is 32.7 Å². The maximum atomic E-state index is 12.9. The molecule has 0 bridgehead atoms. The van der Waals surface area contributed by atoms with E-state index in [1.165, 1.54) is 0 Å². The minimum Gasteiger partial charge on any atom is -0.338 e. The molecule has 1 aromatic heterocycles. The van der Waals surface area contributed by atoms with Crippen molar-refractivity contribution in [2.24, 2.45) is 11.7 Å². The van der Waals surface area contributed by atoms with Gasteiger partial charge < -0.3 is 10.6 Å². The molecule has 0 radical (unpaired) electrons. The number of hydrogen-bond acceptors (Lipinski definition) is 3. The Kier molecular flexibility index (Phi) is 4.95. The van der Waals surface area contributed by atoms with E-state index in [1.54, 1.807) is 0 Å². The van der Waals surface area contributed by atoms with E-state index in [0.29, 0.717) is 11.5 Å². The maximum Gasteiger partial charge on any atom is 0.255 e. The second-order valence-electron chi connectivity index (χ2n) is 6.71. The van der Waals surface area contributed by atoms with E-state index >= 15 is 0 Å². The van der Waals surface area contributed by atoms with E-state index in [-0.39, 0.29) is 11.9 Å². The Bertz CT molecular complexity index is 712. The molecule has 1 saturated heterocycles. The lowest BCUT2D eigenvalue weighted by Crippen LogP contribution is -2.45. The lowest BCUT2D eigenvalue weighted by Gasteiger charge is -2.34. The molecule has 0 spiro atoms. The summed E-state index contributed by atoms with van der Waals surface area (Å²) in [4.78, 5) is 19.5. The van der Waals surface area contributed by atoms with E-state index < -0.39 is 0 Å². The Morgan fingerprint density at radius 3 is 2.67 bits per heavy atom. The van der Waals surface area contributed by atoms with Crippen molar-refractivity contribution in [1.82, 2.24) is 9.88 Å². The topological polar surface area (TPSA) is 59.2 Å². The SMILES string of the molecule is Cc1nc(-c2ccccc2)ccc1C(=O)N1CCCC(C(C)N)C1. The van der Waals surface area contributed by atoms with Crippen LogP contribution in [0, 0.1) is 12.8 Å². The fourth-order valence-electron chi connectivity index (χ4n) is 3.35. The molecular formula is C20H25N3O. The molecule has 2 aromatic rings. The molecule has 3 rings (SSSR count). The lowest BCUT2D eigenvalue weighted by atomic mass is 9.91. The van der Waals surface area contributed by atoms with Gasteiger partial charge in [0, 0.05) is 24.7 Å². The molecule has 2 unspecified atom stereocenters. The molecule has 126 valence electrons. The quantitative estimate of drug-likeness (QED) is 0.943. The number of aromatic nitrogens is 1. The van der Waals surface area contributed by atoms with Gasteiger partial charge in [-0.15, -0.1) is 0 Å². The summed E-state index contributed by atoms with van der Waals surface area (Å²) < 4.78 is 0. The van der Waals surface area contributed by atoms with Gasteiger partial charge in [0.2, 0.25) is 0 Å². The van der Waals surface area contributed by atoms with Gasteiger partial charge in [-0.2, -0.15) is 0 Å². The predicted octanol–water partition coefficient (Wildman–Crippen LogP) is 3.26. The number of benzene rings is 1. The van der Waals surface area contributed by atoms with Crippen LogP contribution < -0.4 is 5.73 Å². The number of carbonyl (C=O) groups excluding carboxylic acids is 1. The Morgan fingerprint density at radius 2 is 2.00 bits per heavy atom. The first kappa shape index (κ1) is 16.7. The largest absolute Gasteiger partial charge is 0.338 e. The Labute approximate surface area is 143 Å². The van der Waals surface area contributed by atoms with Gasteiger partial charge in [-0.25, -0.2) is 0 Å². The highest BCUT2D eigenvalue weighted by Gasteiger charge is 2.27. The fraction of sp³-hybridized carbons (Fsp3) is 0.400. The minimum absolute atomic E-state index is 0.0740. The van der Waals surface area contributed by atoms with Crippen LogP contribution in [0.4, 0.5) is 0 Å². The first-order valence-electron chi connectivity index (χ1n) is 8.64. The summed E-state index contributed by atoms with van der Waals surface area (Å²) >= 11 is 0. The van der Waals surface area contributed by atoms with E-state index in [0.717, 1.165) is 42.9 Å². The lowest BCUT2D eigenvalue weighted by molar-refractivity contribution is 0.0659. The minimum atomic E-state index is 0.0740. The zero-order chi connectivity index (χ0) is 17.1. The normalized spacial score (nSPS) is 19.1. The van der Waals surface area contributed by atoms with Gasteiger partial charge >= 0.3 is 0 Å². The van der Waals surface area contributed by atoms with Crippen molar-refractivity contribution >= 4 is 5.91 Å². The van der Waals surface area contributed by atoms with Crippen LogP contribution in [0.15, 0.2) is 42.5 Å². The van der Waals surface area contributed by atoms with Crippen molar-refractivity contribution in [3.05, 3.63) is 53.7 Å². The molecule has 24 heavy (non-hydrogen) atoms. The highest BCUT2D eigenvalue weighted by molar-refractivity contribution is 5.95. The summed E-state index contributed by atoms with van der Waals surface area (Å²) in [7, 11) is 0. The molecule has 2 N–H and O–H groups in total. The van der Waals surface area contributed by atoms with Gasteiger partial charge in [0.05, 0.1) is 17.0 Å². The first-order valence-corrected chi connectivity index (χ1v) is 8.64. The number of likely N-dealkylation sites (tertiary alicyclic amines) is 1. The van der Waals surface area contributed by atoms with Gasteiger partial charge in [-0.3, -0.25) is 9.78 Å². The number of aryl methyl sites for hydroxylation is 1. The molecule has 1 aliphatic heterocycles. The molecule has 2 heterocycles. The van der Waals surface area contributed by atoms with Crippen LogP contribution in [0.1, 0.15) is 35.8 Å². The average Bonchev–Trinajstić information content (AvgIpc) is 2.62. The van der Waals surface area contributed by atoms with Crippen molar-refractivity contribution in [1.29, 1.82) is 0 Å². The third kappa shape index (κ3) is 3.49. The maximum absolute atomic E-state index is 12.9. The summed E-state index contributed by atoms with van der Waals surface area (Å²) in [6.45, 7) is 5.49. The predicted molar refractivity (Wildman–Crippen MR) is 96.7 cm³/mol. The van der Waals surface area contributed by atoms with Gasteiger partial charge in [-0.05, 0) is 44.7 Å². The number of carbonyl (C=O) groups is 1. The molecule has 1 amide bonds. The standard InChI is InChI=1S/C20H25N3O/c1-14(21)17-9-6-12-23(13-17)20(24)18-10-11-19(22-15(18)2)16-7-4-3-5-8-16/h3-5,7-8,10-11,14,17H,6,9,12-13,21H2,1-2H3. The average molecular weight is 323 g/mol. The van der Waals surface area contributed by atoms with Crippen molar-refractivity contribution < 1.29 is 4.79 Å². The van der Waals surface area contributed by atoms with Crippen LogP contribution in [0.2, 0.25) is 0 Å². The summed E-state index contributed by atoms with van der Waals surface area (Å²) in [5.41, 5.74) is 9.47. The molecule has 1 fully saturated rings. The summed E-state index contributed by atoms with van der Waals surface area (Å²) in [6.07, 6.45) is 2.12. The number of pyridine rings is 1. The van der Waals surface area contributed by atoms with Crippen LogP contribution in [-0.2, 0) is 0 Å². The molecule has 4 heteroatoms. The number of hydrogen-bond donors (Lipinski definition) is 1. The number of rotatable bonds is 3. The summed E-state index contributed by atoms with van der Waals surface area (Å²) in [5.74, 6) is 0.463. The summed E-state index contributed by atoms with van der Waals surface area (Å²) in [6, 6.07) is 14.0. The number of piperidine rings is 1. The van der Waals surface area contributed by atoms with E-state index in [9.17, 15) is 4.79 Å². The van der Waals surface area contributed by atoms with Gasteiger partial charge in [-0.1, -0.05) is 30.3 Å². The third-order valence-electron chi connectivity index (χ3n) is 4.87. The fourth-order valence-corrected chi connectivity index (χ4v) is 3.35. The van der Waals surface area contributed by atoms with Crippen LogP contribution in [0.25, 0.3) is 11.3 Å². The third-order valence-corrected chi connectivity index (χ3v) is 4.87. The monoisotopic (exact) mass is 323 g/mol. The number of nitrogens with two attached hydrogens (primary N) is 1. The highest BCUT2D eigenvalue weighted by Crippen LogP contribution is 2.23. The molecule has 2 atom stereocenters. The Morgan fingerprint density at radius 1 is 1.25 bits per heavy atom. The van der Waals surface area contributed by atoms with Crippen molar-refractivity contribution in [2.75, 3.05) is 13.1 Å². The van der Waals surface area contributed by atoms with Crippen LogP contribution >= 0.6 is 0 Å². The zero-order valence-electron chi connectivity index (χ0n) is 14.4. The molecule has 1 aliphatic rings. The van der Waals surface area contributed by atoms with E-state index in [2.05, 4.69) is 4.98 Å². The van der Waals surface area contributed by atoms with Crippen LogP contribution in [0.5, 0.6) is 0 Å². The molecule has 4 nitrogen and oxygen atoms in total. The van der Waals surface area contributed by atoms with E-state index in [1.807, 2.05) is 61.2 Å². The molecule has 0 aliphatic carbocycles. The molecular weight excluding hydrogens is 298 g/mol. The number of nitrogens with zero attached hydrogens (tertiary/aromatic N) is 2. The highest BCUT2D eigenvalue weighted by atomic mass is 16.2. The number of amides is 1. The molecule has 1 aromatic carbocycles. The van der Waals surface area contributed by atoms with Gasteiger partial charge in [0.1, 0.15) is 0 Å².